The van der Waals surface area contributed by atoms with E-state index < -0.39 is 28.5 Å². The number of aromatic nitrogens is 6. The van der Waals surface area contributed by atoms with Crippen molar-refractivity contribution < 1.29 is 45.3 Å². The van der Waals surface area contributed by atoms with Crippen molar-refractivity contribution in [2.24, 2.45) is 0 Å². The van der Waals surface area contributed by atoms with E-state index in [2.05, 4.69) is 46.2 Å². The molecule has 0 spiro atoms. The summed E-state index contributed by atoms with van der Waals surface area (Å²) in [5.41, 5.74) is 13.1. The second-order valence-corrected chi connectivity index (χ2v) is 16.7. The molecule has 10 rings (SSSR count). The number of nitrogens with zero attached hydrogens (tertiary/aromatic N) is 6. The quantitative estimate of drug-likeness (QED) is 0.0433. The summed E-state index contributed by atoms with van der Waals surface area (Å²) >= 11 is 0. The van der Waals surface area contributed by atoms with Gasteiger partial charge in [0.2, 0.25) is 11.8 Å². The third kappa shape index (κ3) is 12.4. The molecule has 4 heterocycles. The van der Waals surface area contributed by atoms with E-state index in [9.17, 15) is 21.6 Å². The van der Waals surface area contributed by atoms with Gasteiger partial charge in [0.05, 0.1) is 5.52 Å². The van der Waals surface area contributed by atoms with Gasteiger partial charge in [-0.25, -0.2) is 29.9 Å². The van der Waals surface area contributed by atoms with Crippen molar-refractivity contribution in [1.29, 1.82) is 0 Å². The van der Waals surface area contributed by atoms with Crippen molar-refractivity contribution in [2.75, 3.05) is 11.5 Å². The first-order valence-corrected chi connectivity index (χ1v) is 22.5. The molecule has 0 amide bonds. The zero-order valence-electron chi connectivity index (χ0n) is 36.9. The number of pyridine rings is 2. The average molecular weight is 975 g/mol. The first-order chi connectivity index (χ1) is 34.2. The molecule has 71 heavy (non-hydrogen) atoms. The Hall–Kier alpha value is -8.98. The van der Waals surface area contributed by atoms with Gasteiger partial charge in [-0.3, -0.25) is 0 Å². The van der Waals surface area contributed by atoms with Gasteiger partial charge >= 0.3 is 22.7 Å². The van der Waals surface area contributed by atoms with E-state index in [0.29, 0.717) is 45.5 Å². The topological polar surface area (TPSA) is 232 Å². The van der Waals surface area contributed by atoms with Gasteiger partial charge in [0, 0.05) is 75.8 Å². The molecule has 0 aliphatic heterocycles. The van der Waals surface area contributed by atoms with E-state index in [0.717, 1.165) is 51.3 Å². The number of fused-ring (bicyclic) bond motifs is 2. The van der Waals surface area contributed by atoms with Gasteiger partial charge in [-0.1, -0.05) is 60.7 Å². The number of anilines is 2. The molecule has 6 N–H and O–H groups in total. The predicted octanol–water partition coefficient (Wildman–Crippen LogP) is 9.39. The molecule has 0 atom stereocenters. The minimum Gasteiger partial charge on any atom is -0.439 e. The van der Waals surface area contributed by atoms with Crippen LogP contribution in [0, 0.1) is 0 Å². The molecule has 0 radical (unpaired) electrons. The minimum absolute atomic E-state index is 0.0800. The standard InChI is InChI=1S/C25H18N4O.C20H12F3N3O4S.C6H8BNO2/c26-21-6-4-5-17(12-21)23-13-19(11-20-14-27-16-29-25(20)23)18-9-10-24(28-15-18)30-22-7-2-1-3-8-22;21-20(22,23)31(27,28)30-17-9-14(8-15-10-24-12-26-19(15)17)13-6-7-18(25-11-13)29-16-4-2-1-3-5-16;8-6-3-1-2-5(4-6)7(9)10/h1-16H,26H2;1-12H;1-4,9-10H,8H2. The van der Waals surface area contributed by atoms with Crippen molar-refractivity contribution in [3.05, 3.63) is 195 Å². The molecule has 10 aromatic rings. The molecule has 0 aliphatic carbocycles. The fraction of sp³-hybridized carbons (Fsp3) is 0.0196. The van der Waals surface area contributed by atoms with E-state index in [4.69, 9.17) is 31.0 Å². The number of nitrogen functional groups attached to an aromatic ring is 2. The van der Waals surface area contributed by atoms with Gasteiger partial charge in [-0.05, 0) is 107 Å². The van der Waals surface area contributed by atoms with Crippen LogP contribution in [-0.2, 0) is 10.1 Å². The summed E-state index contributed by atoms with van der Waals surface area (Å²) in [6.07, 6.45) is 9.04. The Morgan fingerprint density at radius 1 is 0.507 bits per heavy atom. The fourth-order valence-corrected chi connectivity index (χ4v) is 7.28. The van der Waals surface area contributed by atoms with Gasteiger partial charge in [0.15, 0.2) is 5.75 Å². The molecule has 15 nitrogen and oxygen atoms in total. The lowest BCUT2D eigenvalue weighted by Gasteiger charge is -2.13. The number of halogens is 3. The maximum Gasteiger partial charge on any atom is 0.534 e. The largest absolute Gasteiger partial charge is 0.534 e. The lowest BCUT2D eigenvalue weighted by atomic mass is 9.80. The number of hydrogen-bond donors (Lipinski definition) is 4. The number of para-hydroxylation sites is 2. The molecular formula is C51H38BF3N8O7S. The third-order valence-corrected chi connectivity index (χ3v) is 11.1. The molecule has 0 saturated carbocycles. The van der Waals surface area contributed by atoms with Crippen LogP contribution >= 0.6 is 0 Å². The minimum atomic E-state index is -5.88. The number of ether oxygens (including phenoxy) is 2. The molecule has 0 aliphatic rings. The summed E-state index contributed by atoms with van der Waals surface area (Å²) in [6.45, 7) is 0. The van der Waals surface area contributed by atoms with Gasteiger partial charge in [-0.2, -0.15) is 21.6 Å². The van der Waals surface area contributed by atoms with Gasteiger partial charge in [0.1, 0.15) is 29.7 Å². The number of rotatable bonds is 10. The van der Waals surface area contributed by atoms with Crippen molar-refractivity contribution in [3.8, 4) is 62.4 Å². The van der Waals surface area contributed by atoms with Crippen molar-refractivity contribution in [1.82, 2.24) is 29.9 Å². The first kappa shape index (κ1) is 48.5. The van der Waals surface area contributed by atoms with Crippen LogP contribution in [0.3, 0.4) is 0 Å². The third-order valence-electron chi connectivity index (χ3n) is 10.1. The van der Waals surface area contributed by atoms with Crippen LogP contribution < -0.4 is 30.6 Å². The molecule has 0 bridgehead atoms. The van der Waals surface area contributed by atoms with Crippen molar-refractivity contribution in [2.45, 2.75) is 5.51 Å². The Morgan fingerprint density at radius 2 is 1.03 bits per heavy atom. The molecule has 0 unspecified atom stereocenters. The van der Waals surface area contributed by atoms with Crippen LogP contribution in [0.5, 0.6) is 29.0 Å². The Morgan fingerprint density at radius 3 is 1.52 bits per heavy atom. The summed E-state index contributed by atoms with van der Waals surface area (Å²) < 4.78 is 77.2. The maximum absolute atomic E-state index is 12.8. The van der Waals surface area contributed by atoms with E-state index in [1.165, 1.54) is 18.5 Å². The van der Waals surface area contributed by atoms with Crippen LogP contribution in [-0.4, -0.2) is 61.0 Å². The monoisotopic (exact) mass is 974 g/mol. The summed E-state index contributed by atoms with van der Waals surface area (Å²) in [5, 5.41) is 18.5. The van der Waals surface area contributed by atoms with E-state index in [-0.39, 0.29) is 10.9 Å². The fourth-order valence-electron chi connectivity index (χ4n) is 6.82. The van der Waals surface area contributed by atoms with Crippen molar-refractivity contribution >= 4 is 55.9 Å². The lowest BCUT2D eigenvalue weighted by Crippen LogP contribution is -2.29. The van der Waals surface area contributed by atoms with Gasteiger partial charge in [0.25, 0.3) is 0 Å². The lowest BCUT2D eigenvalue weighted by molar-refractivity contribution is -0.0499. The maximum atomic E-state index is 12.8. The van der Waals surface area contributed by atoms with E-state index >= 15 is 0 Å². The zero-order chi connectivity index (χ0) is 50.0. The summed E-state index contributed by atoms with van der Waals surface area (Å²) in [6, 6.07) is 46.8. The first-order valence-electron chi connectivity index (χ1n) is 21.1. The smallest absolute Gasteiger partial charge is 0.439 e. The van der Waals surface area contributed by atoms with Crippen molar-refractivity contribution in [3.63, 3.8) is 0 Å². The van der Waals surface area contributed by atoms with E-state index in [1.807, 2.05) is 85.2 Å². The summed E-state index contributed by atoms with van der Waals surface area (Å²) in [5.74, 6) is 1.61. The average Bonchev–Trinajstić information content (AvgIpc) is 3.37. The van der Waals surface area contributed by atoms with Crippen LogP contribution in [0.2, 0.25) is 0 Å². The van der Waals surface area contributed by atoms with Gasteiger partial charge in [-0.15, -0.1) is 0 Å². The van der Waals surface area contributed by atoms with Crippen LogP contribution in [0.15, 0.2) is 195 Å². The molecule has 4 aromatic heterocycles. The van der Waals surface area contributed by atoms with Gasteiger partial charge < -0.3 is 35.2 Å². The predicted molar refractivity (Wildman–Crippen MR) is 265 cm³/mol. The number of nitrogens with two attached hydrogens (primary N) is 2. The number of alkyl halides is 3. The molecule has 0 fully saturated rings. The Balaban J connectivity index is 0.000000160. The highest BCUT2D eigenvalue weighted by Gasteiger charge is 2.49. The zero-order valence-corrected chi connectivity index (χ0v) is 37.7. The normalized spacial score (nSPS) is 11.1. The summed E-state index contributed by atoms with van der Waals surface area (Å²) in [4.78, 5) is 25.0. The Kier molecular flexibility index (Phi) is 14.7. The second kappa shape index (κ2) is 21.5. The highest BCUT2D eigenvalue weighted by atomic mass is 32.2. The Bertz CT molecular complexity index is 3530. The highest BCUT2D eigenvalue weighted by molar-refractivity contribution is 7.88. The van der Waals surface area contributed by atoms with Crippen LogP contribution in [0.25, 0.3) is 55.2 Å². The van der Waals surface area contributed by atoms with Crippen LogP contribution in [0.4, 0.5) is 24.5 Å². The summed E-state index contributed by atoms with van der Waals surface area (Å²) in [7, 11) is -7.31. The van der Waals surface area contributed by atoms with E-state index in [1.54, 1.807) is 67.0 Å². The molecular weight excluding hydrogens is 936 g/mol. The molecule has 0 saturated heterocycles. The molecule has 20 heteroatoms. The second-order valence-electron chi connectivity index (χ2n) is 15.2. The number of hydrogen-bond acceptors (Lipinski definition) is 15. The molecule has 6 aromatic carbocycles. The number of benzene rings is 6. The molecule has 354 valence electrons. The van der Waals surface area contributed by atoms with Crippen LogP contribution in [0.1, 0.15) is 0 Å². The SMILES string of the molecule is Nc1cccc(-c2cc(-c3ccc(Oc4ccccc4)nc3)cc3cncnc23)c1.Nc1cccc(B(O)O)c1.O=S(=O)(Oc1cc(-c2ccc(Oc3ccccc3)nc2)cc2cncnc12)C(F)(F)F. The highest BCUT2D eigenvalue weighted by Crippen LogP contribution is 2.36. The Labute approximate surface area is 404 Å².